The van der Waals surface area contributed by atoms with Crippen LogP contribution in [0, 0.1) is 17.6 Å². The molecule has 4 rings (SSSR count). The van der Waals surface area contributed by atoms with Crippen LogP contribution in [-0.4, -0.2) is 29.0 Å². The van der Waals surface area contributed by atoms with Gasteiger partial charge in [-0.3, -0.25) is 4.79 Å². The zero-order chi connectivity index (χ0) is 22.2. The minimum atomic E-state index is -4.73. The molecule has 0 saturated carbocycles. The number of anilines is 2. The van der Waals surface area contributed by atoms with E-state index in [0.717, 1.165) is 18.2 Å². The normalized spacial score (nSPS) is 17.1. The minimum Gasteiger partial charge on any atom is -0.354 e. The third-order valence-corrected chi connectivity index (χ3v) is 5.10. The molecule has 3 aromatic rings. The maximum absolute atomic E-state index is 13.8. The number of aromatic nitrogens is 2. The van der Waals surface area contributed by atoms with Crippen molar-refractivity contribution >= 4 is 28.4 Å². The number of carbonyl (C=O) groups excluding carboxylic acids is 1. The number of hydrogen-bond donors (Lipinski definition) is 1. The van der Waals surface area contributed by atoms with Gasteiger partial charge in [-0.2, -0.15) is 13.2 Å². The molecule has 10 heteroatoms. The highest BCUT2D eigenvalue weighted by atomic mass is 19.4. The molecule has 0 unspecified atom stereocenters. The monoisotopic (exact) mass is 436 g/mol. The lowest BCUT2D eigenvalue weighted by atomic mass is 9.96. The quantitative estimate of drug-likeness (QED) is 0.601. The van der Waals surface area contributed by atoms with Crippen LogP contribution in [0.25, 0.3) is 11.0 Å². The summed E-state index contributed by atoms with van der Waals surface area (Å²) in [5.74, 6) is -3.20. The van der Waals surface area contributed by atoms with Crippen LogP contribution in [0.4, 0.5) is 33.5 Å². The lowest BCUT2D eigenvalue weighted by Gasteiger charge is -2.34. The summed E-state index contributed by atoms with van der Waals surface area (Å²) in [7, 11) is 0. The number of rotatable bonds is 3. The van der Waals surface area contributed by atoms with E-state index < -0.39 is 35.3 Å². The van der Waals surface area contributed by atoms with Crippen LogP contribution in [0.15, 0.2) is 42.5 Å². The fraction of sp³-hybridized carbons (Fsp3) is 0.286. The Morgan fingerprint density at radius 3 is 2.48 bits per heavy atom. The van der Waals surface area contributed by atoms with Crippen molar-refractivity contribution < 1.29 is 26.7 Å². The van der Waals surface area contributed by atoms with Crippen LogP contribution in [0.2, 0.25) is 0 Å². The zero-order valence-electron chi connectivity index (χ0n) is 16.1. The lowest BCUT2D eigenvalue weighted by Crippen LogP contribution is -2.42. The van der Waals surface area contributed by atoms with Crippen molar-refractivity contribution in [2.45, 2.75) is 19.0 Å². The maximum atomic E-state index is 13.8. The van der Waals surface area contributed by atoms with Crippen molar-refractivity contribution in [3.05, 3.63) is 59.8 Å². The number of piperidine rings is 1. The van der Waals surface area contributed by atoms with Crippen molar-refractivity contribution in [2.24, 2.45) is 5.92 Å². The van der Waals surface area contributed by atoms with Crippen LogP contribution < -0.4 is 10.2 Å². The van der Waals surface area contributed by atoms with Gasteiger partial charge in [0.1, 0.15) is 11.6 Å². The minimum absolute atomic E-state index is 0.0567. The number of nitrogens with one attached hydrogen (secondary N) is 1. The van der Waals surface area contributed by atoms with E-state index in [9.17, 15) is 26.7 Å². The molecular weight excluding hydrogens is 419 g/mol. The highest BCUT2D eigenvalue weighted by Crippen LogP contribution is 2.36. The molecule has 1 N–H and O–H groups in total. The Kier molecular flexibility index (Phi) is 5.47. The number of halogens is 5. The first kappa shape index (κ1) is 21.0. The van der Waals surface area contributed by atoms with Crippen LogP contribution >= 0.6 is 0 Å². The predicted octanol–water partition coefficient (Wildman–Crippen LogP) is 4.78. The first-order valence-corrected chi connectivity index (χ1v) is 9.57. The fourth-order valence-electron chi connectivity index (χ4n) is 3.61. The number of carbonyl (C=O) groups is 1. The number of benzene rings is 2. The van der Waals surface area contributed by atoms with E-state index in [0.29, 0.717) is 18.4 Å². The number of nitrogens with zero attached hydrogens (tertiary/aromatic N) is 3. The molecule has 162 valence electrons. The Morgan fingerprint density at radius 1 is 1.06 bits per heavy atom. The summed E-state index contributed by atoms with van der Waals surface area (Å²) >= 11 is 0. The standard InChI is InChI=1S/C21H17F5N4O/c22-13-7-8-14(23)17(10-13)29-20(31)12-4-3-9-30(11-12)19-18(21(24,25)26)27-15-5-1-2-6-16(15)28-19/h1-2,5-8,10,12H,3-4,9,11H2,(H,29,31)/t12-/m1/s1. The number of hydrogen-bond acceptors (Lipinski definition) is 4. The molecule has 1 aliphatic rings. The first-order chi connectivity index (χ1) is 14.7. The van der Waals surface area contributed by atoms with Crippen LogP contribution in [0.1, 0.15) is 18.5 Å². The van der Waals surface area contributed by atoms with E-state index in [1.54, 1.807) is 18.2 Å². The topological polar surface area (TPSA) is 58.1 Å². The average molecular weight is 436 g/mol. The summed E-state index contributed by atoms with van der Waals surface area (Å²) in [4.78, 5) is 21.9. The van der Waals surface area contributed by atoms with Gasteiger partial charge in [0.2, 0.25) is 5.91 Å². The molecule has 31 heavy (non-hydrogen) atoms. The fourth-order valence-corrected chi connectivity index (χ4v) is 3.61. The van der Waals surface area contributed by atoms with Gasteiger partial charge in [-0.15, -0.1) is 0 Å². The number of fused-ring (bicyclic) bond motifs is 1. The van der Waals surface area contributed by atoms with Gasteiger partial charge in [0.15, 0.2) is 11.5 Å². The van der Waals surface area contributed by atoms with Crippen LogP contribution in [0.5, 0.6) is 0 Å². The van der Waals surface area contributed by atoms with Gasteiger partial charge in [0, 0.05) is 19.2 Å². The van der Waals surface area contributed by atoms with Crippen molar-refractivity contribution in [1.29, 1.82) is 0 Å². The van der Waals surface area contributed by atoms with Gasteiger partial charge in [-0.05, 0) is 37.1 Å². The van der Waals surface area contributed by atoms with E-state index in [2.05, 4.69) is 15.3 Å². The Bertz CT molecular complexity index is 1130. The summed E-state index contributed by atoms with van der Waals surface area (Å²) in [6.07, 6.45) is -3.91. The molecule has 1 aliphatic heterocycles. The number of para-hydroxylation sites is 2. The van der Waals surface area contributed by atoms with Crippen molar-refractivity contribution in [3.63, 3.8) is 0 Å². The SMILES string of the molecule is O=C(Nc1cc(F)ccc1F)[C@@H]1CCCN(c2nc3ccccc3nc2C(F)(F)F)C1. The van der Waals surface area contributed by atoms with E-state index in [1.807, 2.05) is 0 Å². The molecule has 0 radical (unpaired) electrons. The molecule has 2 heterocycles. The van der Waals surface area contributed by atoms with E-state index in [1.165, 1.54) is 11.0 Å². The van der Waals surface area contributed by atoms with Gasteiger partial charge in [-0.1, -0.05) is 12.1 Å². The highest BCUT2D eigenvalue weighted by molar-refractivity contribution is 5.93. The maximum Gasteiger partial charge on any atom is 0.437 e. The number of amides is 1. The smallest absolute Gasteiger partial charge is 0.354 e. The summed E-state index contributed by atoms with van der Waals surface area (Å²) < 4.78 is 68.2. The molecular formula is C21H17F5N4O. The average Bonchev–Trinajstić information content (AvgIpc) is 2.75. The third kappa shape index (κ3) is 4.42. The lowest BCUT2D eigenvalue weighted by molar-refractivity contribution is -0.140. The Hall–Kier alpha value is -3.30. The van der Waals surface area contributed by atoms with Gasteiger partial charge in [0.25, 0.3) is 0 Å². The third-order valence-electron chi connectivity index (χ3n) is 5.10. The largest absolute Gasteiger partial charge is 0.437 e. The van der Waals surface area contributed by atoms with Gasteiger partial charge in [-0.25, -0.2) is 18.7 Å². The summed E-state index contributed by atoms with van der Waals surface area (Å²) in [5, 5.41) is 2.33. The van der Waals surface area contributed by atoms with Crippen molar-refractivity contribution in [2.75, 3.05) is 23.3 Å². The summed E-state index contributed by atoms with van der Waals surface area (Å²) in [6, 6.07) is 8.89. The number of alkyl halides is 3. The summed E-state index contributed by atoms with van der Waals surface area (Å²) in [5.41, 5.74) is -1.02. The molecule has 1 saturated heterocycles. The Morgan fingerprint density at radius 2 is 1.77 bits per heavy atom. The van der Waals surface area contributed by atoms with Gasteiger partial charge >= 0.3 is 6.18 Å². The predicted molar refractivity (Wildman–Crippen MR) is 104 cm³/mol. The van der Waals surface area contributed by atoms with Crippen LogP contribution in [-0.2, 0) is 11.0 Å². The molecule has 1 amide bonds. The van der Waals surface area contributed by atoms with Gasteiger partial charge in [0.05, 0.1) is 22.6 Å². The summed E-state index contributed by atoms with van der Waals surface area (Å²) in [6.45, 7) is 0.201. The van der Waals surface area contributed by atoms with Gasteiger partial charge < -0.3 is 10.2 Å². The molecule has 0 spiro atoms. The molecule has 0 aliphatic carbocycles. The molecule has 2 aromatic carbocycles. The zero-order valence-corrected chi connectivity index (χ0v) is 16.1. The second kappa shape index (κ2) is 8.09. The molecule has 1 aromatic heterocycles. The molecule has 0 bridgehead atoms. The molecule has 1 atom stereocenters. The van der Waals surface area contributed by atoms with Crippen molar-refractivity contribution in [3.8, 4) is 0 Å². The van der Waals surface area contributed by atoms with Crippen LogP contribution in [0.3, 0.4) is 0 Å². The van der Waals surface area contributed by atoms with E-state index >= 15 is 0 Å². The van der Waals surface area contributed by atoms with E-state index in [4.69, 9.17) is 0 Å². The second-order valence-corrected chi connectivity index (χ2v) is 7.28. The Balaban J connectivity index is 1.61. The Labute approximate surface area is 173 Å². The first-order valence-electron chi connectivity index (χ1n) is 9.57. The second-order valence-electron chi connectivity index (χ2n) is 7.28. The molecule has 5 nitrogen and oxygen atoms in total. The highest BCUT2D eigenvalue weighted by Gasteiger charge is 2.40. The molecule has 1 fully saturated rings. The van der Waals surface area contributed by atoms with Crippen molar-refractivity contribution in [1.82, 2.24) is 9.97 Å². The van der Waals surface area contributed by atoms with E-state index in [-0.39, 0.29) is 30.1 Å².